The molecular weight excluding hydrogens is 264 g/mol. The number of benzene rings is 2. The topological polar surface area (TPSA) is 38.7 Å². The van der Waals surface area contributed by atoms with E-state index in [1.165, 1.54) is 11.1 Å². The number of ether oxygens (including phenoxy) is 2. The van der Waals surface area contributed by atoms with Gasteiger partial charge in [0.1, 0.15) is 18.5 Å². The Hall–Kier alpha value is -1.84. The molecule has 0 radical (unpaired) electrons. The summed E-state index contributed by atoms with van der Waals surface area (Å²) in [6.07, 6.45) is 0.509. The lowest BCUT2D eigenvalue weighted by Crippen LogP contribution is -2.21. The van der Waals surface area contributed by atoms with Gasteiger partial charge in [-0.05, 0) is 42.2 Å². The van der Waals surface area contributed by atoms with Crippen molar-refractivity contribution < 1.29 is 14.6 Å². The molecule has 0 fully saturated rings. The van der Waals surface area contributed by atoms with E-state index in [9.17, 15) is 5.11 Å². The monoisotopic (exact) mass is 284 g/mol. The molecule has 0 aliphatic carbocycles. The second-order valence-corrected chi connectivity index (χ2v) is 5.36. The van der Waals surface area contributed by atoms with Crippen molar-refractivity contribution in [2.75, 3.05) is 13.2 Å². The molecule has 0 saturated carbocycles. The minimum atomic E-state index is -0.451. The first-order chi connectivity index (χ1) is 10.2. The Morgan fingerprint density at radius 3 is 2.71 bits per heavy atom. The predicted octanol–water partition coefficient (Wildman–Crippen LogP) is 3.43. The summed E-state index contributed by atoms with van der Waals surface area (Å²) in [7, 11) is 0. The fourth-order valence-electron chi connectivity index (χ4n) is 2.63. The van der Waals surface area contributed by atoms with Crippen molar-refractivity contribution in [1.29, 1.82) is 0 Å². The molecule has 0 aromatic heterocycles. The number of hydrogen-bond acceptors (Lipinski definition) is 3. The summed E-state index contributed by atoms with van der Waals surface area (Å²) in [6.45, 7) is 3.00. The highest BCUT2D eigenvalue weighted by molar-refractivity contribution is 5.32. The van der Waals surface area contributed by atoms with Gasteiger partial charge in [0.15, 0.2) is 0 Å². The average Bonchev–Trinajstić information content (AvgIpc) is 2.53. The zero-order chi connectivity index (χ0) is 14.7. The van der Waals surface area contributed by atoms with E-state index in [-0.39, 0.29) is 6.10 Å². The van der Waals surface area contributed by atoms with Crippen LogP contribution in [0.15, 0.2) is 48.5 Å². The van der Waals surface area contributed by atoms with Gasteiger partial charge in [-0.2, -0.15) is 0 Å². The molecule has 2 aromatic rings. The molecule has 3 nitrogen and oxygen atoms in total. The molecule has 0 saturated heterocycles. The van der Waals surface area contributed by atoms with Gasteiger partial charge in [0.2, 0.25) is 0 Å². The highest BCUT2D eigenvalue weighted by atomic mass is 16.5. The van der Waals surface area contributed by atoms with Gasteiger partial charge >= 0.3 is 0 Å². The summed E-state index contributed by atoms with van der Waals surface area (Å²) in [5, 5.41) is 9.50. The van der Waals surface area contributed by atoms with Gasteiger partial charge in [0, 0.05) is 0 Å². The Morgan fingerprint density at radius 2 is 1.95 bits per heavy atom. The van der Waals surface area contributed by atoms with Crippen molar-refractivity contribution in [3.8, 4) is 5.75 Å². The SMILES string of the molecule is CC(O)c1ccc(OCC2OCCc3ccccc32)cc1. The molecule has 1 heterocycles. The van der Waals surface area contributed by atoms with Crippen LogP contribution in [-0.4, -0.2) is 18.3 Å². The molecule has 3 rings (SSSR count). The first kappa shape index (κ1) is 14.1. The highest BCUT2D eigenvalue weighted by Gasteiger charge is 2.20. The van der Waals surface area contributed by atoms with Crippen LogP contribution < -0.4 is 4.74 Å². The number of aliphatic hydroxyl groups excluding tert-OH is 1. The third kappa shape index (κ3) is 3.26. The van der Waals surface area contributed by atoms with Crippen LogP contribution in [0, 0.1) is 0 Å². The summed E-state index contributed by atoms with van der Waals surface area (Å²) in [6, 6.07) is 15.9. The van der Waals surface area contributed by atoms with Crippen molar-refractivity contribution in [3.63, 3.8) is 0 Å². The summed E-state index contributed by atoms with van der Waals surface area (Å²) >= 11 is 0. The molecule has 1 aliphatic heterocycles. The smallest absolute Gasteiger partial charge is 0.119 e. The van der Waals surface area contributed by atoms with Crippen molar-refractivity contribution in [2.45, 2.75) is 25.6 Å². The van der Waals surface area contributed by atoms with Crippen LogP contribution in [0.5, 0.6) is 5.75 Å². The summed E-state index contributed by atoms with van der Waals surface area (Å²) in [5.74, 6) is 0.797. The van der Waals surface area contributed by atoms with E-state index >= 15 is 0 Å². The van der Waals surface area contributed by atoms with Crippen LogP contribution in [0.3, 0.4) is 0 Å². The van der Waals surface area contributed by atoms with Crippen LogP contribution >= 0.6 is 0 Å². The largest absolute Gasteiger partial charge is 0.491 e. The fourth-order valence-corrected chi connectivity index (χ4v) is 2.63. The Labute approximate surface area is 125 Å². The van der Waals surface area contributed by atoms with E-state index < -0.39 is 6.10 Å². The van der Waals surface area contributed by atoms with Crippen LogP contribution in [-0.2, 0) is 11.2 Å². The van der Waals surface area contributed by atoms with Crippen molar-refractivity contribution in [2.24, 2.45) is 0 Å². The number of rotatable bonds is 4. The quantitative estimate of drug-likeness (QED) is 0.934. The average molecular weight is 284 g/mol. The maximum absolute atomic E-state index is 9.50. The first-order valence-corrected chi connectivity index (χ1v) is 7.34. The lowest BCUT2D eigenvalue weighted by Gasteiger charge is -2.26. The standard InChI is InChI=1S/C18H20O3/c1-13(19)14-6-8-16(9-7-14)21-12-18-17-5-3-2-4-15(17)10-11-20-18/h2-9,13,18-19H,10-12H2,1H3. The summed E-state index contributed by atoms with van der Waals surface area (Å²) in [5.41, 5.74) is 3.47. The molecular formula is C18H20O3. The van der Waals surface area contributed by atoms with Crippen molar-refractivity contribution in [3.05, 3.63) is 65.2 Å². The number of aliphatic hydroxyl groups is 1. The van der Waals surface area contributed by atoms with Crippen molar-refractivity contribution >= 4 is 0 Å². The van der Waals surface area contributed by atoms with Gasteiger partial charge in [0.25, 0.3) is 0 Å². The Bertz CT molecular complexity index is 590. The Kier molecular flexibility index (Phi) is 4.23. The van der Waals surface area contributed by atoms with E-state index in [4.69, 9.17) is 9.47 Å². The molecule has 2 unspecified atom stereocenters. The molecule has 1 N–H and O–H groups in total. The third-order valence-electron chi connectivity index (χ3n) is 3.86. The molecule has 0 bridgehead atoms. The molecule has 21 heavy (non-hydrogen) atoms. The Morgan fingerprint density at radius 1 is 1.19 bits per heavy atom. The van der Waals surface area contributed by atoms with Gasteiger partial charge in [-0.1, -0.05) is 36.4 Å². The molecule has 2 atom stereocenters. The molecule has 0 amide bonds. The van der Waals surface area contributed by atoms with Gasteiger partial charge in [-0.3, -0.25) is 0 Å². The molecule has 1 aliphatic rings. The maximum atomic E-state index is 9.50. The van der Waals surface area contributed by atoms with Crippen LogP contribution in [0.25, 0.3) is 0 Å². The summed E-state index contributed by atoms with van der Waals surface area (Å²) in [4.78, 5) is 0. The lowest BCUT2D eigenvalue weighted by atomic mass is 9.98. The molecule has 0 spiro atoms. The van der Waals surface area contributed by atoms with Crippen molar-refractivity contribution in [1.82, 2.24) is 0 Å². The van der Waals surface area contributed by atoms with E-state index in [1.807, 2.05) is 30.3 Å². The molecule has 3 heteroatoms. The zero-order valence-corrected chi connectivity index (χ0v) is 12.2. The van der Waals surface area contributed by atoms with Crippen LogP contribution in [0.1, 0.15) is 35.8 Å². The van der Waals surface area contributed by atoms with Gasteiger partial charge < -0.3 is 14.6 Å². The second-order valence-electron chi connectivity index (χ2n) is 5.36. The van der Waals surface area contributed by atoms with E-state index in [0.29, 0.717) is 6.61 Å². The zero-order valence-electron chi connectivity index (χ0n) is 12.2. The minimum absolute atomic E-state index is 0.00797. The molecule has 2 aromatic carbocycles. The van der Waals surface area contributed by atoms with Gasteiger partial charge in [-0.25, -0.2) is 0 Å². The van der Waals surface area contributed by atoms with E-state index in [0.717, 1.165) is 24.3 Å². The fraction of sp³-hybridized carbons (Fsp3) is 0.333. The van der Waals surface area contributed by atoms with Gasteiger partial charge in [0.05, 0.1) is 12.7 Å². The van der Waals surface area contributed by atoms with Crippen LogP contribution in [0.2, 0.25) is 0 Å². The lowest BCUT2D eigenvalue weighted by molar-refractivity contribution is 0.0102. The number of fused-ring (bicyclic) bond motifs is 1. The van der Waals surface area contributed by atoms with E-state index in [1.54, 1.807) is 6.92 Å². The predicted molar refractivity (Wildman–Crippen MR) is 81.4 cm³/mol. The van der Waals surface area contributed by atoms with Gasteiger partial charge in [-0.15, -0.1) is 0 Å². The highest BCUT2D eigenvalue weighted by Crippen LogP contribution is 2.28. The second kappa shape index (κ2) is 6.29. The Balaban J connectivity index is 1.66. The third-order valence-corrected chi connectivity index (χ3v) is 3.86. The van der Waals surface area contributed by atoms with E-state index in [2.05, 4.69) is 18.2 Å². The number of hydrogen-bond donors (Lipinski definition) is 1. The maximum Gasteiger partial charge on any atom is 0.119 e. The normalized spacial score (nSPS) is 18.9. The molecule has 110 valence electrons. The van der Waals surface area contributed by atoms with Crippen LogP contribution in [0.4, 0.5) is 0 Å². The first-order valence-electron chi connectivity index (χ1n) is 7.34. The summed E-state index contributed by atoms with van der Waals surface area (Å²) < 4.78 is 11.7. The minimum Gasteiger partial charge on any atom is -0.491 e.